The number of fused-ring (bicyclic) bond motifs is 1. The second kappa shape index (κ2) is 6.37. The summed E-state index contributed by atoms with van der Waals surface area (Å²) in [5, 5.41) is 2.96. The van der Waals surface area contributed by atoms with Crippen molar-refractivity contribution in [3.8, 4) is 5.75 Å². The summed E-state index contributed by atoms with van der Waals surface area (Å²) in [6.45, 7) is 0.549. The van der Waals surface area contributed by atoms with E-state index in [-0.39, 0.29) is 0 Å². The third-order valence-corrected chi connectivity index (χ3v) is 5.62. The van der Waals surface area contributed by atoms with Crippen LogP contribution in [0.5, 0.6) is 5.75 Å². The zero-order valence-electron chi connectivity index (χ0n) is 12.6. The Morgan fingerprint density at radius 2 is 1.96 bits per heavy atom. The zero-order chi connectivity index (χ0) is 16.4. The number of nitrogens with one attached hydrogen (secondary N) is 1. The monoisotopic (exact) mass is 338 g/mol. The van der Waals surface area contributed by atoms with Gasteiger partial charge in [0.25, 0.3) is 0 Å². The Hall–Kier alpha value is -1.80. The minimum absolute atomic E-state index is 0.307. The van der Waals surface area contributed by atoms with Gasteiger partial charge in [0.1, 0.15) is 11.5 Å². The molecule has 23 heavy (non-hydrogen) atoms. The fourth-order valence-corrected chi connectivity index (χ4v) is 4.33. The van der Waals surface area contributed by atoms with E-state index < -0.39 is 22.0 Å². The van der Waals surface area contributed by atoms with Crippen molar-refractivity contribution in [2.45, 2.75) is 11.9 Å². The fraction of sp³-hybridized carbons (Fsp3) is 0.250. The summed E-state index contributed by atoms with van der Waals surface area (Å²) in [4.78, 5) is 0. The molecule has 0 bridgehead atoms. The van der Waals surface area contributed by atoms with Crippen molar-refractivity contribution < 1.29 is 18.2 Å². The number of halogens is 1. The first-order valence-electron chi connectivity index (χ1n) is 7.27. The molecule has 2 aromatic rings. The van der Waals surface area contributed by atoms with Gasteiger partial charge in [-0.25, -0.2) is 8.70 Å². The van der Waals surface area contributed by atoms with E-state index in [1.165, 1.54) is 22.5 Å². The van der Waals surface area contributed by atoms with Crippen LogP contribution in [-0.4, -0.2) is 28.1 Å². The molecule has 0 aliphatic carbocycles. The summed E-state index contributed by atoms with van der Waals surface area (Å²) in [6, 6.07) is 13.1. The van der Waals surface area contributed by atoms with Crippen molar-refractivity contribution >= 4 is 22.2 Å². The number of ether oxygens (including phenoxy) is 1. The lowest BCUT2D eigenvalue weighted by Crippen LogP contribution is -2.40. The lowest BCUT2D eigenvalue weighted by molar-refractivity contribution is 0.237. The van der Waals surface area contributed by atoms with Crippen molar-refractivity contribution in [2.75, 3.05) is 17.9 Å². The minimum Gasteiger partial charge on any atom is -0.466 e. The summed E-state index contributed by atoms with van der Waals surface area (Å²) in [7, 11) is -1.49. The summed E-state index contributed by atoms with van der Waals surface area (Å²) < 4.78 is 42.3. The fourth-order valence-electron chi connectivity index (χ4n) is 2.56. The van der Waals surface area contributed by atoms with Gasteiger partial charge in [-0.1, -0.05) is 29.0 Å². The normalized spacial score (nSPS) is 20.5. The van der Waals surface area contributed by atoms with Crippen LogP contribution in [0.1, 0.15) is 6.42 Å². The van der Waals surface area contributed by atoms with E-state index >= 15 is 0 Å². The van der Waals surface area contributed by atoms with Crippen molar-refractivity contribution in [2.24, 2.45) is 0 Å². The first kappa shape index (κ1) is 16.1. The number of hydrogen-bond donors (Lipinski definition) is 3. The van der Waals surface area contributed by atoms with Crippen LogP contribution >= 0.6 is 10.8 Å². The molecule has 1 atom stereocenters. The van der Waals surface area contributed by atoms with Gasteiger partial charge in [-0.3, -0.25) is 9.11 Å². The molecule has 5 nitrogen and oxygen atoms in total. The summed E-state index contributed by atoms with van der Waals surface area (Å²) in [5.41, 5.74) is 0.223. The first-order valence-corrected chi connectivity index (χ1v) is 8.84. The van der Waals surface area contributed by atoms with E-state index in [0.29, 0.717) is 30.1 Å². The van der Waals surface area contributed by atoms with Crippen LogP contribution in [0.2, 0.25) is 0 Å². The summed E-state index contributed by atoms with van der Waals surface area (Å²) in [6.07, 6.45) is 0.387. The van der Waals surface area contributed by atoms with E-state index in [0.717, 1.165) is 0 Å². The van der Waals surface area contributed by atoms with Crippen molar-refractivity contribution in [3.05, 3.63) is 54.3 Å². The quantitative estimate of drug-likeness (QED) is 0.787. The Labute approximate surface area is 136 Å². The van der Waals surface area contributed by atoms with E-state index in [2.05, 4.69) is 5.32 Å². The third-order valence-electron chi connectivity index (χ3n) is 3.64. The van der Waals surface area contributed by atoms with Crippen LogP contribution in [0, 0.1) is 5.82 Å². The van der Waals surface area contributed by atoms with Crippen molar-refractivity contribution in [1.29, 1.82) is 0 Å². The molecule has 7 heteroatoms. The molecule has 0 amide bonds. The molecule has 1 heterocycles. The molecule has 0 saturated carbocycles. The number of hydrogen-bond acceptors (Lipinski definition) is 5. The van der Waals surface area contributed by atoms with Crippen LogP contribution in [0.4, 0.5) is 15.8 Å². The topological polar surface area (TPSA) is 65.0 Å². The Kier molecular flexibility index (Phi) is 4.45. The highest BCUT2D eigenvalue weighted by molar-refractivity contribution is 8.26. The number of anilines is 2. The second-order valence-electron chi connectivity index (χ2n) is 5.24. The van der Waals surface area contributed by atoms with Crippen LogP contribution in [0.15, 0.2) is 48.5 Å². The van der Waals surface area contributed by atoms with Crippen LogP contribution in [0.25, 0.3) is 0 Å². The first-order chi connectivity index (χ1) is 11.0. The van der Waals surface area contributed by atoms with Gasteiger partial charge in [-0.2, -0.15) is 0 Å². The minimum atomic E-state index is -3.27. The highest BCUT2D eigenvalue weighted by Gasteiger charge is 2.41. The average molecular weight is 338 g/mol. The molecule has 3 rings (SSSR count). The molecule has 1 aliphatic rings. The number of rotatable bonds is 4. The molecule has 0 fully saturated rings. The maximum absolute atomic E-state index is 13.6. The van der Waals surface area contributed by atoms with Gasteiger partial charge in [0.15, 0.2) is 5.75 Å². The molecule has 0 radical (unpaired) electrons. The Balaban J connectivity index is 2.10. The molecular weight excluding hydrogens is 319 g/mol. The maximum atomic E-state index is 13.6. The van der Waals surface area contributed by atoms with Crippen molar-refractivity contribution in [1.82, 2.24) is 5.32 Å². The van der Waals surface area contributed by atoms with E-state index in [1.54, 1.807) is 19.2 Å². The van der Waals surface area contributed by atoms with Gasteiger partial charge in [-0.05, 0) is 31.3 Å². The Morgan fingerprint density at radius 3 is 2.65 bits per heavy atom. The number of benzene rings is 2. The Bertz CT molecular complexity index is 684. The largest absolute Gasteiger partial charge is 0.466 e. The summed E-state index contributed by atoms with van der Waals surface area (Å²) in [5.74, 6) is -0.122. The van der Waals surface area contributed by atoms with Gasteiger partial charge in [-0.15, -0.1) is 0 Å². The molecule has 124 valence electrons. The van der Waals surface area contributed by atoms with E-state index in [4.69, 9.17) is 4.74 Å². The smallest absolute Gasteiger partial charge is 0.207 e. The lowest BCUT2D eigenvalue weighted by Gasteiger charge is -2.51. The highest BCUT2D eigenvalue weighted by atomic mass is 32.3. The predicted molar refractivity (Wildman–Crippen MR) is 90.8 cm³/mol. The molecule has 0 aromatic heterocycles. The van der Waals surface area contributed by atoms with Gasteiger partial charge in [0.05, 0.1) is 5.69 Å². The van der Waals surface area contributed by atoms with E-state index in [9.17, 15) is 13.5 Å². The molecular formula is C16H19FN2O3S. The highest BCUT2D eigenvalue weighted by Crippen LogP contribution is 2.61. The Morgan fingerprint density at radius 1 is 1.22 bits per heavy atom. The lowest BCUT2D eigenvalue weighted by atomic mass is 10.2. The van der Waals surface area contributed by atoms with Gasteiger partial charge in [0.2, 0.25) is 5.44 Å². The maximum Gasteiger partial charge on any atom is 0.207 e. The third kappa shape index (κ3) is 3.00. The van der Waals surface area contributed by atoms with Gasteiger partial charge < -0.3 is 10.1 Å². The molecule has 2 aromatic carbocycles. The van der Waals surface area contributed by atoms with Gasteiger partial charge in [0, 0.05) is 19.0 Å². The molecule has 0 saturated heterocycles. The van der Waals surface area contributed by atoms with Crippen molar-refractivity contribution in [3.63, 3.8) is 0 Å². The molecule has 1 aliphatic heterocycles. The number of para-hydroxylation sites is 1. The number of nitrogens with zero attached hydrogens (tertiary/aromatic N) is 1. The zero-order valence-corrected chi connectivity index (χ0v) is 13.5. The van der Waals surface area contributed by atoms with Gasteiger partial charge >= 0.3 is 0 Å². The average Bonchev–Trinajstić information content (AvgIpc) is 2.53. The molecule has 3 N–H and O–H groups in total. The van der Waals surface area contributed by atoms with Crippen LogP contribution in [-0.2, 0) is 0 Å². The SMILES string of the molecule is CNCCC1Oc2cc(F)ccc2N(c2ccccc2)S1(O)O. The second-order valence-corrected chi connectivity index (χ2v) is 7.26. The summed E-state index contributed by atoms with van der Waals surface area (Å²) >= 11 is 0. The standard InChI is InChI=1S/C16H19FN2O3S/c1-18-10-9-16-22-15-11-12(17)7-8-14(15)19(23(16,20)21)13-5-3-2-4-6-13/h2-8,11,16,18,20-21H,9-10H2,1H3. The van der Waals surface area contributed by atoms with E-state index in [1.807, 2.05) is 18.2 Å². The predicted octanol–water partition coefficient (Wildman–Crippen LogP) is 3.96. The van der Waals surface area contributed by atoms with Crippen LogP contribution in [0.3, 0.4) is 0 Å². The molecule has 1 unspecified atom stereocenters. The molecule has 0 spiro atoms. The van der Waals surface area contributed by atoms with Crippen LogP contribution < -0.4 is 14.4 Å².